The van der Waals surface area contributed by atoms with Crippen LogP contribution in [0.3, 0.4) is 0 Å². The molecule has 27 heavy (non-hydrogen) atoms. The number of hydrogen-bond acceptors (Lipinski definition) is 5. The molecule has 146 valence electrons. The number of hydrogen-bond donors (Lipinski definition) is 0. The highest BCUT2D eigenvalue weighted by Crippen LogP contribution is 2.42. The zero-order chi connectivity index (χ0) is 19.0. The average Bonchev–Trinajstić information content (AvgIpc) is 3.37. The summed E-state index contributed by atoms with van der Waals surface area (Å²) in [5.74, 6) is 1.32. The Morgan fingerprint density at radius 3 is 2.52 bits per heavy atom. The fraction of sp³-hybridized carbons (Fsp3) is 0.667. The fourth-order valence-electron chi connectivity index (χ4n) is 3.71. The van der Waals surface area contributed by atoms with E-state index in [1.807, 2.05) is 11.3 Å². The highest BCUT2D eigenvalue weighted by atomic mass is 32.1. The second-order valence-corrected chi connectivity index (χ2v) is 10.3. The van der Waals surface area contributed by atoms with Gasteiger partial charge >= 0.3 is 0 Å². The molecule has 5 nitrogen and oxygen atoms in total. The molecule has 0 radical (unpaired) electrons. The maximum Gasteiger partial charge on any atom is 0.253 e. The lowest BCUT2D eigenvalue weighted by Crippen LogP contribution is -2.36. The van der Waals surface area contributed by atoms with Gasteiger partial charge in [0, 0.05) is 41.6 Å². The molecule has 2 fully saturated rings. The van der Waals surface area contributed by atoms with Crippen LogP contribution in [0.1, 0.15) is 68.0 Å². The first kappa shape index (κ1) is 18.8. The molecule has 2 aromatic heterocycles. The van der Waals surface area contributed by atoms with E-state index >= 15 is 0 Å². The summed E-state index contributed by atoms with van der Waals surface area (Å²) in [5, 5.41) is 1.34. The van der Waals surface area contributed by atoms with Crippen molar-refractivity contribution in [1.82, 2.24) is 19.4 Å². The van der Waals surface area contributed by atoms with Crippen molar-refractivity contribution in [1.29, 1.82) is 0 Å². The van der Waals surface area contributed by atoms with Crippen LogP contribution in [0.5, 0.6) is 0 Å². The smallest absolute Gasteiger partial charge is 0.253 e. The number of likely N-dealkylation sites (tertiary alicyclic amines) is 1. The molecule has 1 aliphatic carbocycles. The van der Waals surface area contributed by atoms with Gasteiger partial charge in [-0.05, 0) is 44.7 Å². The summed E-state index contributed by atoms with van der Waals surface area (Å²) in [4.78, 5) is 25.5. The fourth-order valence-corrected chi connectivity index (χ4v) is 4.84. The van der Waals surface area contributed by atoms with Crippen LogP contribution in [0.25, 0.3) is 0 Å². The van der Waals surface area contributed by atoms with E-state index in [0.29, 0.717) is 5.92 Å². The van der Waals surface area contributed by atoms with Crippen LogP contribution < -0.4 is 5.56 Å². The SMILES string of the molecule is CC(C)(C)c1cc(=O)n(CC2CCN(Cc3cnc(C4CC4)s3)CC2)cn1. The Bertz CT molecular complexity index is 838. The van der Waals surface area contributed by atoms with Crippen LogP contribution in [-0.2, 0) is 18.5 Å². The minimum absolute atomic E-state index is 0.0784. The minimum Gasteiger partial charge on any atom is -0.299 e. The maximum atomic E-state index is 12.4. The van der Waals surface area contributed by atoms with Gasteiger partial charge in [0.05, 0.1) is 17.0 Å². The second kappa shape index (κ2) is 7.47. The largest absolute Gasteiger partial charge is 0.299 e. The Morgan fingerprint density at radius 1 is 1.15 bits per heavy atom. The maximum absolute atomic E-state index is 12.4. The zero-order valence-electron chi connectivity index (χ0n) is 16.6. The van der Waals surface area contributed by atoms with Gasteiger partial charge in [-0.2, -0.15) is 0 Å². The average molecular weight is 387 g/mol. The van der Waals surface area contributed by atoms with Crippen molar-refractivity contribution in [2.24, 2.45) is 5.92 Å². The second-order valence-electron chi connectivity index (χ2n) is 9.17. The van der Waals surface area contributed by atoms with Crippen LogP contribution in [0.2, 0.25) is 0 Å². The molecule has 1 aliphatic heterocycles. The molecule has 0 atom stereocenters. The van der Waals surface area contributed by atoms with Gasteiger partial charge in [0.15, 0.2) is 0 Å². The molecule has 0 unspecified atom stereocenters. The molecule has 1 saturated heterocycles. The Morgan fingerprint density at radius 2 is 1.89 bits per heavy atom. The molecule has 0 aromatic carbocycles. The zero-order valence-corrected chi connectivity index (χ0v) is 17.5. The van der Waals surface area contributed by atoms with Crippen molar-refractivity contribution >= 4 is 11.3 Å². The molecular weight excluding hydrogens is 356 g/mol. The summed E-state index contributed by atoms with van der Waals surface area (Å²) in [7, 11) is 0. The summed E-state index contributed by atoms with van der Waals surface area (Å²) in [6, 6.07) is 1.70. The van der Waals surface area contributed by atoms with Crippen LogP contribution >= 0.6 is 11.3 Å². The lowest BCUT2D eigenvalue weighted by molar-refractivity contribution is 0.167. The molecule has 6 heteroatoms. The Hall–Kier alpha value is -1.53. The standard InChI is InChI=1S/C21H30N4OS/c1-21(2,3)18-10-19(26)25(14-23-18)12-15-6-8-24(9-7-15)13-17-11-22-20(27-17)16-4-5-16/h10-11,14-16H,4-9,12-13H2,1-3H3. The van der Waals surface area contributed by atoms with Crippen LogP contribution in [-0.4, -0.2) is 32.5 Å². The van der Waals surface area contributed by atoms with E-state index < -0.39 is 0 Å². The molecule has 3 heterocycles. The Kier molecular flexibility index (Phi) is 5.21. The van der Waals surface area contributed by atoms with Crippen molar-refractivity contribution in [3.8, 4) is 0 Å². The lowest BCUT2D eigenvalue weighted by atomic mass is 9.92. The number of nitrogens with zero attached hydrogens (tertiary/aromatic N) is 4. The van der Waals surface area contributed by atoms with E-state index in [0.717, 1.165) is 50.6 Å². The summed E-state index contributed by atoms with van der Waals surface area (Å²) >= 11 is 1.90. The van der Waals surface area contributed by atoms with Gasteiger partial charge < -0.3 is 0 Å². The van der Waals surface area contributed by atoms with Crippen molar-refractivity contribution < 1.29 is 0 Å². The summed E-state index contributed by atoms with van der Waals surface area (Å²) in [6.45, 7) is 10.3. The van der Waals surface area contributed by atoms with E-state index in [-0.39, 0.29) is 11.0 Å². The van der Waals surface area contributed by atoms with Crippen molar-refractivity contribution in [2.45, 2.75) is 70.9 Å². The predicted octanol–water partition coefficient (Wildman–Crippen LogP) is 3.79. The Balaban J connectivity index is 1.29. The van der Waals surface area contributed by atoms with Crippen molar-refractivity contribution in [2.75, 3.05) is 13.1 Å². The molecule has 0 spiro atoms. The van der Waals surface area contributed by atoms with Gasteiger partial charge in [0.1, 0.15) is 0 Å². The first-order valence-corrected chi connectivity index (χ1v) is 10.9. The highest BCUT2D eigenvalue weighted by molar-refractivity contribution is 7.11. The van der Waals surface area contributed by atoms with Crippen LogP contribution in [0, 0.1) is 5.92 Å². The van der Waals surface area contributed by atoms with Crippen LogP contribution in [0.15, 0.2) is 23.4 Å². The summed E-state index contributed by atoms with van der Waals surface area (Å²) in [6.07, 6.45) is 8.74. The first-order valence-electron chi connectivity index (χ1n) is 10.1. The van der Waals surface area contributed by atoms with E-state index in [1.54, 1.807) is 17.0 Å². The molecule has 2 aromatic rings. The summed E-state index contributed by atoms with van der Waals surface area (Å²) < 4.78 is 1.79. The summed E-state index contributed by atoms with van der Waals surface area (Å²) in [5.41, 5.74) is 0.864. The molecule has 1 saturated carbocycles. The van der Waals surface area contributed by atoms with Gasteiger partial charge in [0.2, 0.25) is 0 Å². The molecule has 2 aliphatic rings. The molecule has 0 bridgehead atoms. The predicted molar refractivity (Wildman–Crippen MR) is 109 cm³/mol. The highest BCUT2D eigenvalue weighted by Gasteiger charge is 2.27. The van der Waals surface area contributed by atoms with Crippen LogP contribution in [0.4, 0.5) is 0 Å². The molecule has 0 amide bonds. The number of aromatic nitrogens is 3. The first-order chi connectivity index (χ1) is 12.9. The van der Waals surface area contributed by atoms with E-state index in [2.05, 4.69) is 41.8 Å². The normalized spacial score (nSPS) is 19.5. The van der Waals surface area contributed by atoms with Gasteiger partial charge in [0.25, 0.3) is 5.56 Å². The van der Waals surface area contributed by atoms with E-state index in [4.69, 9.17) is 0 Å². The quantitative estimate of drug-likeness (QED) is 0.785. The van der Waals surface area contributed by atoms with Gasteiger partial charge in [-0.3, -0.25) is 14.3 Å². The van der Waals surface area contributed by atoms with Crippen molar-refractivity contribution in [3.05, 3.63) is 44.5 Å². The Labute approximate surface area is 165 Å². The van der Waals surface area contributed by atoms with E-state index in [9.17, 15) is 4.79 Å². The number of piperidine rings is 1. The third-order valence-corrected chi connectivity index (χ3v) is 6.83. The lowest BCUT2D eigenvalue weighted by Gasteiger charge is -2.31. The topological polar surface area (TPSA) is 51.0 Å². The van der Waals surface area contributed by atoms with Gasteiger partial charge in [-0.25, -0.2) is 9.97 Å². The van der Waals surface area contributed by atoms with Gasteiger partial charge in [-0.15, -0.1) is 11.3 Å². The van der Waals surface area contributed by atoms with Crippen molar-refractivity contribution in [3.63, 3.8) is 0 Å². The third-order valence-electron chi connectivity index (χ3n) is 5.69. The number of rotatable bonds is 5. The van der Waals surface area contributed by atoms with Gasteiger partial charge in [-0.1, -0.05) is 20.8 Å². The van der Waals surface area contributed by atoms with E-state index in [1.165, 1.54) is 22.7 Å². The number of thiazole rings is 1. The molecule has 4 rings (SSSR count). The molecular formula is C21H30N4OS. The monoisotopic (exact) mass is 386 g/mol. The molecule has 0 N–H and O–H groups in total. The minimum atomic E-state index is -0.0837. The third kappa shape index (κ3) is 4.66.